The van der Waals surface area contributed by atoms with E-state index in [0.29, 0.717) is 17.5 Å². The van der Waals surface area contributed by atoms with E-state index in [4.69, 9.17) is 15.0 Å². The first-order chi connectivity index (χ1) is 27.7. The lowest BCUT2D eigenvalue weighted by Crippen LogP contribution is -2.01. The second kappa shape index (κ2) is 12.0. The summed E-state index contributed by atoms with van der Waals surface area (Å²) in [7, 11) is 0. The molecule has 2 aromatic heterocycles. The van der Waals surface area contributed by atoms with E-state index in [9.17, 15) is 0 Å². The van der Waals surface area contributed by atoms with Crippen molar-refractivity contribution in [3.63, 3.8) is 0 Å². The van der Waals surface area contributed by atoms with Gasteiger partial charge >= 0.3 is 0 Å². The van der Waals surface area contributed by atoms with Gasteiger partial charge in [0.2, 0.25) is 0 Å². The highest BCUT2D eigenvalue weighted by Gasteiger charge is 2.26. The Labute approximate surface area is 323 Å². The smallest absolute Gasteiger partial charge is 0.164 e. The predicted molar refractivity (Wildman–Crippen MR) is 231 cm³/mol. The molecule has 0 fully saturated rings. The van der Waals surface area contributed by atoms with Gasteiger partial charge in [0.15, 0.2) is 17.5 Å². The molecule has 4 nitrogen and oxygen atoms in total. The van der Waals surface area contributed by atoms with E-state index in [2.05, 4.69) is 168 Å². The molecule has 0 saturated heterocycles. The van der Waals surface area contributed by atoms with Gasteiger partial charge in [0, 0.05) is 33.2 Å². The highest BCUT2D eigenvalue weighted by Crippen LogP contribution is 2.45. The average Bonchev–Trinajstić information content (AvgIpc) is 3.80. The van der Waals surface area contributed by atoms with Crippen LogP contribution in [-0.4, -0.2) is 19.5 Å². The van der Waals surface area contributed by atoms with Crippen LogP contribution in [0.5, 0.6) is 0 Å². The molecule has 1 aliphatic rings. The third-order valence-corrected chi connectivity index (χ3v) is 11.6. The summed E-state index contributed by atoms with van der Waals surface area (Å²) < 4.78 is 2.46. The van der Waals surface area contributed by atoms with Gasteiger partial charge in [-0.2, -0.15) is 0 Å². The number of fused-ring (bicyclic) bond motifs is 10. The van der Waals surface area contributed by atoms with Crippen LogP contribution in [0.4, 0.5) is 0 Å². The van der Waals surface area contributed by atoms with Gasteiger partial charge in [-0.25, -0.2) is 15.0 Å². The third-order valence-electron chi connectivity index (χ3n) is 11.6. The summed E-state index contributed by atoms with van der Waals surface area (Å²) in [6.07, 6.45) is 0.835. The van der Waals surface area contributed by atoms with E-state index in [-0.39, 0.29) is 0 Å². The first-order valence-corrected chi connectivity index (χ1v) is 19.2. The van der Waals surface area contributed by atoms with Crippen LogP contribution in [-0.2, 0) is 6.42 Å². The van der Waals surface area contributed by atoms with Gasteiger partial charge in [-0.05, 0) is 91.3 Å². The van der Waals surface area contributed by atoms with Crippen molar-refractivity contribution in [2.45, 2.75) is 6.42 Å². The Balaban J connectivity index is 1.05. The normalized spacial score (nSPS) is 12.2. The topological polar surface area (TPSA) is 43.6 Å². The van der Waals surface area contributed by atoms with Crippen LogP contribution in [0.3, 0.4) is 0 Å². The Morgan fingerprint density at radius 3 is 1.86 bits per heavy atom. The Morgan fingerprint density at radius 2 is 1.02 bits per heavy atom. The first-order valence-electron chi connectivity index (χ1n) is 19.2. The standard InChI is InChI=1S/C52H32N4/c1-2-14-34(15-3-1)50-53-51(43-22-10-18-32-12-6-8-20-40(32)43)55-52(54-50)44-23-11-19-37-28-38-29-39(25-26-42(38)48(37)44)56-46-27-24-33-13-7-9-21-41(33)49(46)45-30-35-16-4-5-17-36(35)31-47(45)56/h1-27,29-31H,28H2. The van der Waals surface area contributed by atoms with Crippen molar-refractivity contribution in [1.82, 2.24) is 19.5 Å². The molecule has 0 atom stereocenters. The molecule has 0 saturated carbocycles. The summed E-state index contributed by atoms with van der Waals surface area (Å²) >= 11 is 0. The van der Waals surface area contributed by atoms with Gasteiger partial charge in [0.05, 0.1) is 11.0 Å². The monoisotopic (exact) mass is 712 g/mol. The molecule has 11 aromatic rings. The highest BCUT2D eigenvalue weighted by molar-refractivity contribution is 6.23. The van der Waals surface area contributed by atoms with E-state index in [1.807, 2.05) is 18.2 Å². The van der Waals surface area contributed by atoms with Crippen molar-refractivity contribution in [2.24, 2.45) is 0 Å². The fourth-order valence-electron chi connectivity index (χ4n) is 9.07. The molecule has 0 radical (unpaired) electrons. The molecule has 0 aliphatic heterocycles. The van der Waals surface area contributed by atoms with Crippen molar-refractivity contribution in [1.29, 1.82) is 0 Å². The van der Waals surface area contributed by atoms with Crippen LogP contribution < -0.4 is 0 Å². The van der Waals surface area contributed by atoms with Crippen LogP contribution in [0.15, 0.2) is 182 Å². The van der Waals surface area contributed by atoms with Crippen molar-refractivity contribution in [3.8, 4) is 51.0 Å². The van der Waals surface area contributed by atoms with Gasteiger partial charge in [0.25, 0.3) is 0 Å². The van der Waals surface area contributed by atoms with Gasteiger partial charge in [-0.1, -0.05) is 152 Å². The number of hydrogen-bond donors (Lipinski definition) is 0. The molecule has 0 unspecified atom stereocenters. The minimum absolute atomic E-state index is 0.663. The molecule has 2 heterocycles. The van der Waals surface area contributed by atoms with Crippen molar-refractivity contribution in [2.75, 3.05) is 0 Å². The van der Waals surface area contributed by atoms with Crippen LogP contribution in [0.2, 0.25) is 0 Å². The number of hydrogen-bond acceptors (Lipinski definition) is 3. The highest BCUT2D eigenvalue weighted by atomic mass is 15.0. The van der Waals surface area contributed by atoms with Crippen molar-refractivity contribution < 1.29 is 0 Å². The lowest BCUT2D eigenvalue weighted by molar-refractivity contribution is 1.08. The minimum atomic E-state index is 0.663. The Kier molecular flexibility index (Phi) is 6.66. The van der Waals surface area contributed by atoms with E-state index >= 15 is 0 Å². The molecule has 1 aliphatic carbocycles. The number of benzene rings is 9. The maximum atomic E-state index is 5.25. The molecule has 0 amide bonds. The number of nitrogens with zero attached hydrogens (tertiary/aromatic N) is 4. The molecule has 56 heavy (non-hydrogen) atoms. The Bertz CT molecular complexity index is 3390. The number of aromatic nitrogens is 4. The molecule has 12 rings (SSSR count). The maximum absolute atomic E-state index is 5.25. The fraction of sp³-hybridized carbons (Fsp3) is 0.0192. The van der Waals surface area contributed by atoms with E-state index in [1.54, 1.807) is 0 Å². The summed E-state index contributed by atoms with van der Waals surface area (Å²) in [5.74, 6) is 2.01. The summed E-state index contributed by atoms with van der Waals surface area (Å²) in [6, 6.07) is 65.3. The van der Waals surface area contributed by atoms with E-state index < -0.39 is 0 Å². The average molecular weight is 713 g/mol. The zero-order valence-electron chi connectivity index (χ0n) is 30.3. The molecule has 4 heteroatoms. The Hall–Kier alpha value is -7.43. The lowest BCUT2D eigenvalue weighted by Gasteiger charge is -2.14. The van der Waals surface area contributed by atoms with Crippen LogP contribution >= 0.6 is 0 Å². The minimum Gasteiger partial charge on any atom is -0.309 e. The molecule has 0 N–H and O–H groups in total. The summed E-state index contributed by atoms with van der Waals surface area (Å²) in [4.78, 5) is 15.5. The second-order valence-corrected chi connectivity index (χ2v) is 14.8. The van der Waals surface area contributed by atoms with Gasteiger partial charge in [0.1, 0.15) is 0 Å². The van der Waals surface area contributed by atoms with E-state index in [1.165, 1.54) is 65.6 Å². The SMILES string of the molecule is c1ccc(-c2nc(-c3cccc4c3-c3ccc(-n5c6cc7ccccc7cc6c6c7ccccc7ccc65)cc3C4)nc(-c3cccc4ccccc34)n2)cc1. The van der Waals surface area contributed by atoms with Crippen LogP contribution in [0.25, 0.3) is 105 Å². The van der Waals surface area contributed by atoms with Crippen molar-refractivity contribution in [3.05, 3.63) is 193 Å². The fourth-order valence-corrected chi connectivity index (χ4v) is 9.07. The summed E-state index contributed by atoms with van der Waals surface area (Å²) in [5.41, 5.74) is 11.6. The second-order valence-electron chi connectivity index (χ2n) is 14.8. The van der Waals surface area contributed by atoms with Gasteiger partial charge in [-0.15, -0.1) is 0 Å². The molecule has 260 valence electrons. The molecule has 0 bridgehead atoms. The van der Waals surface area contributed by atoms with Crippen LogP contribution in [0.1, 0.15) is 11.1 Å². The molecule has 9 aromatic carbocycles. The quantitative estimate of drug-likeness (QED) is 0.182. The zero-order valence-corrected chi connectivity index (χ0v) is 30.3. The summed E-state index contributed by atoms with van der Waals surface area (Å²) in [6.45, 7) is 0. The molecular formula is C52H32N4. The summed E-state index contributed by atoms with van der Waals surface area (Å²) in [5, 5.41) is 9.85. The van der Waals surface area contributed by atoms with Crippen molar-refractivity contribution >= 4 is 54.1 Å². The maximum Gasteiger partial charge on any atom is 0.164 e. The molecular weight excluding hydrogens is 681 g/mol. The lowest BCUT2D eigenvalue weighted by atomic mass is 9.98. The van der Waals surface area contributed by atoms with Gasteiger partial charge in [-0.3, -0.25) is 0 Å². The third kappa shape index (κ3) is 4.69. The molecule has 0 spiro atoms. The van der Waals surface area contributed by atoms with Gasteiger partial charge < -0.3 is 4.57 Å². The zero-order chi connectivity index (χ0) is 36.7. The Morgan fingerprint density at radius 1 is 0.375 bits per heavy atom. The van der Waals surface area contributed by atoms with E-state index in [0.717, 1.165) is 39.6 Å². The largest absolute Gasteiger partial charge is 0.309 e. The predicted octanol–water partition coefficient (Wildman–Crippen LogP) is 13.0. The first kappa shape index (κ1) is 31.0. The number of rotatable bonds is 4. The van der Waals surface area contributed by atoms with Crippen LogP contribution in [0, 0.1) is 0 Å².